The lowest BCUT2D eigenvalue weighted by Gasteiger charge is -2.29. The summed E-state index contributed by atoms with van der Waals surface area (Å²) in [6, 6.07) is 2.83. The van der Waals surface area contributed by atoms with Crippen LogP contribution in [0.3, 0.4) is 0 Å². The van der Waals surface area contributed by atoms with E-state index in [1.54, 1.807) is 19.9 Å². The molecule has 2 rings (SSSR count). The number of nitrogens with two attached hydrogens (primary N) is 1. The molecule has 0 atom stereocenters. The third-order valence-electron chi connectivity index (χ3n) is 4.62. The predicted octanol–water partition coefficient (Wildman–Crippen LogP) is 1.47. The summed E-state index contributed by atoms with van der Waals surface area (Å²) >= 11 is 0. The van der Waals surface area contributed by atoms with Crippen molar-refractivity contribution < 1.29 is 23.1 Å². The summed E-state index contributed by atoms with van der Waals surface area (Å²) in [5.74, 6) is -1.45. The summed E-state index contributed by atoms with van der Waals surface area (Å²) in [5, 5.41) is 17.1. The first-order valence-electron chi connectivity index (χ1n) is 7.72. The molecule has 24 heavy (non-hydrogen) atoms. The maximum absolute atomic E-state index is 12.6. The van der Waals surface area contributed by atoms with Crippen molar-refractivity contribution in [3.8, 4) is 0 Å². The van der Waals surface area contributed by atoms with Gasteiger partial charge in [0.2, 0.25) is 10.0 Å². The van der Waals surface area contributed by atoms with Crippen LogP contribution in [-0.4, -0.2) is 30.9 Å². The van der Waals surface area contributed by atoms with Crippen LogP contribution >= 0.6 is 0 Å². The summed E-state index contributed by atoms with van der Waals surface area (Å²) in [7, 11) is -3.95. The van der Waals surface area contributed by atoms with Crippen molar-refractivity contribution in [3.63, 3.8) is 0 Å². The molecule has 0 bridgehead atoms. The van der Waals surface area contributed by atoms with Gasteiger partial charge in [0, 0.05) is 5.56 Å². The molecule has 1 aliphatic carbocycles. The minimum Gasteiger partial charge on any atom is -0.481 e. The van der Waals surface area contributed by atoms with Gasteiger partial charge in [0.25, 0.3) is 5.91 Å². The maximum Gasteiger partial charge on any atom is 0.305 e. The molecule has 8 heteroatoms. The van der Waals surface area contributed by atoms with Crippen LogP contribution in [0, 0.1) is 13.8 Å². The van der Waals surface area contributed by atoms with Gasteiger partial charge in [-0.3, -0.25) is 9.59 Å². The van der Waals surface area contributed by atoms with Gasteiger partial charge in [-0.1, -0.05) is 12.8 Å². The number of aryl methyl sites for hydroxylation is 1. The minimum atomic E-state index is -3.95. The molecule has 4 N–H and O–H groups in total. The first kappa shape index (κ1) is 18.4. The zero-order chi connectivity index (χ0) is 18.1. The molecule has 1 fully saturated rings. The summed E-state index contributed by atoms with van der Waals surface area (Å²) in [6.45, 7) is 3.32. The van der Waals surface area contributed by atoms with E-state index in [9.17, 15) is 18.0 Å². The van der Waals surface area contributed by atoms with E-state index in [2.05, 4.69) is 5.32 Å². The van der Waals surface area contributed by atoms with Crippen molar-refractivity contribution in [2.75, 3.05) is 0 Å². The number of hydrogen-bond acceptors (Lipinski definition) is 4. The number of carbonyl (C=O) groups is 2. The number of carboxylic acid groups (broad SMARTS) is 1. The molecule has 1 aromatic carbocycles. The number of nitrogens with one attached hydrogen (secondary N) is 1. The van der Waals surface area contributed by atoms with Crippen molar-refractivity contribution in [1.82, 2.24) is 5.32 Å². The molecule has 0 radical (unpaired) electrons. The lowest BCUT2D eigenvalue weighted by molar-refractivity contribution is -0.138. The molecular formula is C16H22N2O5S. The Bertz CT molecular complexity index is 780. The second kappa shape index (κ2) is 6.52. The maximum atomic E-state index is 12.6. The average molecular weight is 354 g/mol. The molecule has 0 aromatic heterocycles. The Morgan fingerprint density at radius 2 is 1.83 bits per heavy atom. The first-order chi connectivity index (χ1) is 11.0. The van der Waals surface area contributed by atoms with Crippen LogP contribution in [0.25, 0.3) is 0 Å². The van der Waals surface area contributed by atoms with Gasteiger partial charge in [-0.05, 0) is 49.9 Å². The smallest absolute Gasteiger partial charge is 0.305 e. The summed E-state index contributed by atoms with van der Waals surface area (Å²) < 4.78 is 23.4. The van der Waals surface area contributed by atoms with E-state index in [-0.39, 0.29) is 16.9 Å². The number of sulfonamides is 1. The van der Waals surface area contributed by atoms with Crippen LogP contribution in [0.4, 0.5) is 0 Å². The fraction of sp³-hybridized carbons (Fsp3) is 0.500. The molecule has 0 aliphatic heterocycles. The third-order valence-corrected chi connectivity index (χ3v) is 5.65. The van der Waals surface area contributed by atoms with Gasteiger partial charge in [0.1, 0.15) is 0 Å². The Balaban J connectivity index is 2.36. The Hall–Kier alpha value is -1.93. The van der Waals surface area contributed by atoms with Gasteiger partial charge in [0.15, 0.2) is 0 Å². The standard InChI is InChI=1S/C16H22N2O5S/c1-10-7-12(8-13(11(10)2)24(17,22)23)15(21)18-16(9-14(19)20)5-3-4-6-16/h7-8H,3-6,9H2,1-2H3,(H,18,21)(H,19,20)(H2,17,22,23). The molecule has 0 spiro atoms. The van der Waals surface area contributed by atoms with Crippen molar-refractivity contribution in [1.29, 1.82) is 0 Å². The number of benzene rings is 1. The monoisotopic (exact) mass is 354 g/mol. The normalized spacial score (nSPS) is 16.8. The average Bonchev–Trinajstić information content (AvgIpc) is 2.87. The largest absolute Gasteiger partial charge is 0.481 e. The van der Waals surface area contributed by atoms with E-state index in [0.29, 0.717) is 24.0 Å². The number of carbonyl (C=O) groups excluding carboxylic acids is 1. The minimum absolute atomic E-state index is 0.0913. The van der Waals surface area contributed by atoms with Crippen LogP contribution in [0.15, 0.2) is 17.0 Å². The zero-order valence-corrected chi connectivity index (χ0v) is 14.6. The van der Waals surface area contributed by atoms with E-state index in [1.807, 2.05) is 0 Å². The number of aliphatic carboxylic acids is 1. The topological polar surface area (TPSA) is 127 Å². The second-order valence-corrected chi connectivity index (χ2v) is 8.00. The van der Waals surface area contributed by atoms with E-state index in [4.69, 9.17) is 10.2 Å². The van der Waals surface area contributed by atoms with Gasteiger partial charge < -0.3 is 10.4 Å². The summed E-state index contributed by atoms with van der Waals surface area (Å²) in [6.07, 6.45) is 2.74. The predicted molar refractivity (Wildman–Crippen MR) is 88.2 cm³/mol. The van der Waals surface area contributed by atoms with Gasteiger partial charge >= 0.3 is 5.97 Å². The summed E-state index contributed by atoms with van der Waals surface area (Å²) in [4.78, 5) is 23.6. The van der Waals surface area contributed by atoms with Gasteiger partial charge in [-0.15, -0.1) is 0 Å². The lowest BCUT2D eigenvalue weighted by Crippen LogP contribution is -2.47. The molecule has 1 aliphatic rings. The number of amides is 1. The SMILES string of the molecule is Cc1cc(C(=O)NC2(CC(=O)O)CCCC2)cc(S(N)(=O)=O)c1C. The number of hydrogen-bond donors (Lipinski definition) is 3. The van der Waals surface area contributed by atoms with E-state index < -0.39 is 27.4 Å². The number of rotatable bonds is 5. The Labute approximate surface area is 141 Å². The zero-order valence-electron chi connectivity index (χ0n) is 13.8. The summed E-state index contributed by atoms with van der Waals surface area (Å²) in [5.41, 5.74) is 0.517. The van der Waals surface area contributed by atoms with E-state index in [0.717, 1.165) is 12.8 Å². The molecule has 132 valence electrons. The molecule has 0 unspecified atom stereocenters. The molecular weight excluding hydrogens is 332 g/mol. The second-order valence-electron chi connectivity index (χ2n) is 6.47. The molecule has 7 nitrogen and oxygen atoms in total. The van der Waals surface area contributed by atoms with Crippen molar-refractivity contribution >= 4 is 21.9 Å². The third kappa shape index (κ3) is 3.93. The molecule has 1 saturated carbocycles. The van der Waals surface area contributed by atoms with Crippen molar-refractivity contribution in [3.05, 3.63) is 28.8 Å². The van der Waals surface area contributed by atoms with Gasteiger partial charge in [-0.2, -0.15) is 0 Å². The van der Waals surface area contributed by atoms with Crippen LogP contribution in [-0.2, 0) is 14.8 Å². The van der Waals surface area contributed by atoms with Gasteiger partial charge in [0.05, 0.1) is 16.9 Å². The fourth-order valence-corrected chi connectivity index (χ4v) is 4.13. The van der Waals surface area contributed by atoms with E-state index >= 15 is 0 Å². The van der Waals surface area contributed by atoms with E-state index in [1.165, 1.54) is 6.07 Å². The van der Waals surface area contributed by atoms with Crippen LogP contribution < -0.4 is 10.5 Å². The molecule has 0 heterocycles. The van der Waals surface area contributed by atoms with Crippen LogP contribution in [0.5, 0.6) is 0 Å². The number of primary sulfonamides is 1. The van der Waals surface area contributed by atoms with Crippen LogP contribution in [0.1, 0.15) is 53.6 Å². The highest BCUT2D eigenvalue weighted by molar-refractivity contribution is 7.89. The molecule has 0 saturated heterocycles. The molecule has 1 amide bonds. The molecule has 1 aromatic rings. The van der Waals surface area contributed by atoms with Crippen LogP contribution in [0.2, 0.25) is 0 Å². The number of carboxylic acids is 1. The Morgan fingerprint density at radius 1 is 1.25 bits per heavy atom. The quantitative estimate of drug-likeness (QED) is 0.738. The van der Waals surface area contributed by atoms with Gasteiger partial charge in [-0.25, -0.2) is 13.6 Å². The Kier molecular flexibility index (Phi) is 5.00. The highest BCUT2D eigenvalue weighted by Crippen LogP contribution is 2.33. The van der Waals surface area contributed by atoms with Crippen molar-refractivity contribution in [2.45, 2.75) is 56.4 Å². The van der Waals surface area contributed by atoms with Crippen molar-refractivity contribution in [2.24, 2.45) is 5.14 Å². The Morgan fingerprint density at radius 3 is 2.33 bits per heavy atom. The first-order valence-corrected chi connectivity index (χ1v) is 9.27. The lowest BCUT2D eigenvalue weighted by atomic mass is 9.92. The highest BCUT2D eigenvalue weighted by atomic mass is 32.2. The highest BCUT2D eigenvalue weighted by Gasteiger charge is 2.37. The fourth-order valence-electron chi connectivity index (χ4n) is 3.25.